The zero-order valence-corrected chi connectivity index (χ0v) is 15.0. The summed E-state index contributed by atoms with van der Waals surface area (Å²) in [6.45, 7) is 3.55. The Morgan fingerprint density at radius 3 is 2.58 bits per heavy atom. The van der Waals surface area contributed by atoms with E-state index < -0.39 is 10.0 Å². The van der Waals surface area contributed by atoms with Gasteiger partial charge in [-0.3, -0.25) is 4.79 Å². The molecule has 0 bridgehead atoms. The van der Waals surface area contributed by atoms with Crippen LogP contribution in [0.5, 0.6) is 0 Å². The van der Waals surface area contributed by atoms with Crippen LogP contribution in [0.3, 0.4) is 0 Å². The maximum Gasteiger partial charge on any atom is 0.345 e. The van der Waals surface area contributed by atoms with Gasteiger partial charge in [0.2, 0.25) is 15.9 Å². The van der Waals surface area contributed by atoms with Crippen LogP contribution in [-0.2, 0) is 21.2 Å². The second kappa shape index (κ2) is 7.43. The van der Waals surface area contributed by atoms with E-state index in [0.717, 1.165) is 30.4 Å². The Morgan fingerprint density at radius 2 is 1.96 bits per heavy atom. The molecule has 9 heteroatoms. The molecule has 1 aliphatic rings. The van der Waals surface area contributed by atoms with E-state index in [1.165, 1.54) is 0 Å². The van der Waals surface area contributed by atoms with Crippen LogP contribution in [0.15, 0.2) is 4.79 Å². The van der Waals surface area contributed by atoms with Crippen LogP contribution in [0, 0.1) is 13.8 Å². The third-order valence-electron chi connectivity index (χ3n) is 4.23. The van der Waals surface area contributed by atoms with E-state index in [1.807, 2.05) is 0 Å². The number of nitrogens with one attached hydrogen (secondary N) is 3. The SMILES string of the molecule is Cc1nc(=O)[nH]c(C)c1CCC(=O)N[C@H]1CC[C@@H](NS(C)(=O)=O)C1. The van der Waals surface area contributed by atoms with Crippen molar-refractivity contribution in [3.8, 4) is 0 Å². The molecule has 0 aliphatic heterocycles. The standard InChI is InChI=1S/C15H24N4O4S/c1-9-13(10(2)17-15(21)16-9)6-7-14(20)18-11-4-5-12(8-11)19-24(3,22)23/h11-12,19H,4-8H2,1-3H3,(H,18,20)(H,16,17,21)/t11-,12+/m0/s1. The average molecular weight is 356 g/mol. The number of nitrogens with zero attached hydrogens (tertiary/aromatic N) is 1. The molecule has 0 unspecified atom stereocenters. The summed E-state index contributed by atoms with van der Waals surface area (Å²) in [6.07, 6.45) is 4.04. The topological polar surface area (TPSA) is 121 Å². The Labute approximate surface area is 141 Å². The first-order chi connectivity index (χ1) is 11.1. The summed E-state index contributed by atoms with van der Waals surface area (Å²) >= 11 is 0. The van der Waals surface area contributed by atoms with Crippen molar-refractivity contribution in [3.63, 3.8) is 0 Å². The molecule has 1 heterocycles. The lowest BCUT2D eigenvalue weighted by Crippen LogP contribution is -2.36. The Hall–Kier alpha value is -1.74. The molecule has 0 aromatic carbocycles. The van der Waals surface area contributed by atoms with E-state index in [-0.39, 0.29) is 23.7 Å². The van der Waals surface area contributed by atoms with E-state index in [1.54, 1.807) is 13.8 Å². The summed E-state index contributed by atoms with van der Waals surface area (Å²) in [5.74, 6) is -0.0787. The van der Waals surface area contributed by atoms with Crippen molar-refractivity contribution in [2.45, 2.75) is 58.0 Å². The molecule has 1 saturated carbocycles. The van der Waals surface area contributed by atoms with E-state index in [4.69, 9.17) is 0 Å². The predicted molar refractivity (Wildman–Crippen MR) is 90.2 cm³/mol. The van der Waals surface area contributed by atoms with Crippen molar-refractivity contribution >= 4 is 15.9 Å². The van der Waals surface area contributed by atoms with Crippen molar-refractivity contribution in [1.29, 1.82) is 0 Å². The van der Waals surface area contributed by atoms with Crippen LogP contribution >= 0.6 is 0 Å². The second-order valence-corrected chi connectivity index (χ2v) is 8.18. The van der Waals surface area contributed by atoms with Gasteiger partial charge in [0.25, 0.3) is 0 Å². The van der Waals surface area contributed by atoms with Gasteiger partial charge in [-0.2, -0.15) is 4.98 Å². The first-order valence-electron chi connectivity index (χ1n) is 7.97. The summed E-state index contributed by atoms with van der Waals surface area (Å²) in [6, 6.07) is -0.120. The Kier molecular flexibility index (Phi) is 5.76. The van der Waals surface area contributed by atoms with E-state index in [9.17, 15) is 18.0 Å². The Balaban J connectivity index is 1.84. The number of carbonyl (C=O) groups is 1. The molecule has 1 aliphatic carbocycles. The van der Waals surface area contributed by atoms with Gasteiger partial charge >= 0.3 is 5.69 Å². The number of aryl methyl sites for hydroxylation is 2. The Morgan fingerprint density at radius 1 is 1.29 bits per heavy atom. The number of hydrogen-bond acceptors (Lipinski definition) is 5. The second-order valence-electron chi connectivity index (χ2n) is 6.40. The van der Waals surface area contributed by atoms with Gasteiger partial charge in [-0.25, -0.2) is 17.9 Å². The average Bonchev–Trinajstić information content (AvgIpc) is 2.82. The van der Waals surface area contributed by atoms with Gasteiger partial charge in [-0.15, -0.1) is 0 Å². The number of rotatable bonds is 6. The molecule has 8 nitrogen and oxygen atoms in total. The first kappa shape index (κ1) is 18.6. The van der Waals surface area contributed by atoms with Gasteiger partial charge in [-0.1, -0.05) is 0 Å². The molecule has 1 amide bonds. The molecular formula is C15H24N4O4S. The highest BCUT2D eigenvalue weighted by molar-refractivity contribution is 7.88. The maximum atomic E-state index is 12.1. The molecule has 1 aromatic rings. The van der Waals surface area contributed by atoms with E-state index >= 15 is 0 Å². The van der Waals surface area contributed by atoms with E-state index in [0.29, 0.717) is 25.0 Å². The molecule has 0 spiro atoms. The van der Waals surface area contributed by atoms with Gasteiger partial charge in [-0.05, 0) is 45.1 Å². The molecule has 0 saturated heterocycles. The normalized spacial score (nSPS) is 21.0. The lowest BCUT2D eigenvalue weighted by Gasteiger charge is -2.14. The summed E-state index contributed by atoms with van der Waals surface area (Å²) in [4.78, 5) is 29.9. The molecular weight excluding hydrogens is 332 g/mol. The predicted octanol–water partition coefficient (Wildman–Crippen LogP) is -0.0942. The number of aromatic amines is 1. The number of amides is 1. The number of aromatic nitrogens is 2. The van der Waals surface area contributed by atoms with Crippen LogP contribution in [0.2, 0.25) is 0 Å². The molecule has 134 valence electrons. The van der Waals surface area contributed by atoms with Crippen LogP contribution < -0.4 is 15.7 Å². The largest absolute Gasteiger partial charge is 0.353 e. The highest BCUT2D eigenvalue weighted by Gasteiger charge is 2.27. The van der Waals surface area contributed by atoms with Crippen LogP contribution in [-0.4, -0.2) is 42.6 Å². The fourth-order valence-electron chi connectivity index (χ4n) is 3.18. The molecule has 2 rings (SSSR count). The van der Waals surface area contributed by atoms with Gasteiger partial charge in [0.15, 0.2) is 0 Å². The van der Waals surface area contributed by atoms with Crippen LogP contribution in [0.4, 0.5) is 0 Å². The zero-order valence-electron chi connectivity index (χ0n) is 14.2. The highest BCUT2D eigenvalue weighted by atomic mass is 32.2. The number of carbonyl (C=O) groups excluding carboxylic acids is 1. The number of hydrogen-bond donors (Lipinski definition) is 3. The smallest absolute Gasteiger partial charge is 0.345 e. The maximum absolute atomic E-state index is 12.1. The van der Waals surface area contributed by atoms with Gasteiger partial charge in [0.05, 0.1) is 6.26 Å². The number of H-pyrrole nitrogens is 1. The summed E-state index contributed by atoms with van der Waals surface area (Å²) in [7, 11) is -3.22. The van der Waals surface area contributed by atoms with Gasteiger partial charge in [0.1, 0.15) is 0 Å². The van der Waals surface area contributed by atoms with Crippen molar-refractivity contribution in [1.82, 2.24) is 20.0 Å². The van der Waals surface area contributed by atoms with Crippen LogP contribution in [0.25, 0.3) is 0 Å². The monoisotopic (exact) mass is 356 g/mol. The summed E-state index contributed by atoms with van der Waals surface area (Å²) in [5.41, 5.74) is 1.88. The lowest BCUT2D eigenvalue weighted by molar-refractivity contribution is -0.121. The molecule has 24 heavy (non-hydrogen) atoms. The first-order valence-corrected chi connectivity index (χ1v) is 9.86. The zero-order chi connectivity index (χ0) is 17.9. The molecule has 2 atom stereocenters. The van der Waals surface area contributed by atoms with Crippen LogP contribution in [0.1, 0.15) is 42.6 Å². The quantitative estimate of drug-likeness (QED) is 0.657. The van der Waals surface area contributed by atoms with E-state index in [2.05, 4.69) is 20.0 Å². The van der Waals surface area contributed by atoms with Crippen molar-refractivity contribution in [3.05, 3.63) is 27.4 Å². The summed E-state index contributed by atoms with van der Waals surface area (Å²) < 4.78 is 25.0. The molecule has 1 fully saturated rings. The van der Waals surface area contributed by atoms with Gasteiger partial charge < -0.3 is 10.3 Å². The number of sulfonamides is 1. The van der Waals surface area contributed by atoms with Gasteiger partial charge in [0, 0.05) is 29.9 Å². The summed E-state index contributed by atoms with van der Waals surface area (Å²) in [5, 5.41) is 2.95. The fraction of sp³-hybridized carbons (Fsp3) is 0.667. The third-order valence-corrected chi connectivity index (χ3v) is 5.00. The Bertz CT molecular complexity index is 746. The third kappa shape index (κ3) is 5.41. The minimum atomic E-state index is -3.22. The molecule has 0 radical (unpaired) electrons. The molecule has 1 aromatic heterocycles. The van der Waals surface area contributed by atoms with Crippen molar-refractivity contribution in [2.24, 2.45) is 0 Å². The highest BCUT2D eigenvalue weighted by Crippen LogP contribution is 2.20. The minimum Gasteiger partial charge on any atom is -0.353 e. The lowest BCUT2D eigenvalue weighted by atomic mass is 10.1. The molecule has 3 N–H and O–H groups in total. The van der Waals surface area contributed by atoms with Crippen molar-refractivity contribution in [2.75, 3.05) is 6.26 Å². The van der Waals surface area contributed by atoms with Crippen molar-refractivity contribution < 1.29 is 13.2 Å². The minimum absolute atomic E-state index is 0.00681. The fourth-order valence-corrected chi connectivity index (χ4v) is 4.00.